The highest BCUT2D eigenvalue weighted by molar-refractivity contribution is 6.02. The number of benzene rings is 1. The molecule has 0 spiro atoms. The maximum atomic E-state index is 11.6. The van der Waals surface area contributed by atoms with Gasteiger partial charge >= 0.3 is 5.97 Å². The molecule has 2 amide bonds. The molecule has 0 saturated heterocycles. The van der Waals surface area contributed by atoms with E-state index in [-0.39, 0.29) is 19.1 Å². The van der Waals surface area contributed by atoms with Crippen LogP contribution < -0.4 is 16.4 Å². The van der Waals surface area contributed by atoms with Crippen LogP contribution >= 0.6 is 0 Å². The van der Waals surface area contributed by atoms with Crippen LogP contribution in [0.15, 0.2) is 30.3 Å². The Morgan fingerprint density at radius 3 is 2.48 bits per heavy atom. The number of esters is 1. The van der Waals surface area contributed by atoms with Gasteiger partial charge in [-0.25, -0.2) is 4.79 Å². The average molecular weight is 293 g/mol. The molecule has 7 nitrogen and oxygen atoms in total. The molecule has 0 saturated carbocycles. The second-order valence-corrected chi connectivity index (χ2v) is 4.21. The summed E-state index contributed by atoms with van der Waals surface area (Å²) < 4.78 is 4.61. The summed E-state index contributed by atoms with van der Waals surface area (Å²) in [6.07, 6.45) is 0. The zero-order chi connectivity index (χ0) is 15.7. The van der Waals surface area contributed by atoms with Crippen LogP contribution in [0.25, 0.3) is 0 Å². The Bertz CT molecular complexity index is 490. The van der Waals surface area contributed by atoms with Gasteiger partial charge in [0.25, 0.3) is 0 Å². The molecule has 0 aliphatic rings. The molecule has 21 heavy (non-hydrogen) atoms. The fraction of sp³-hybridized carbons (Fsp3) is 0.357. The standard InChI is InChI=1S/C14H19N3O4/c1-2-21-14(20)12(15)13(19)17-9-11(18)16-8-10-6-4-3-5-7-10/h3-7,12H,2,8-9,15H2,1H3,(H,16,18)(H,17,19). The highest BCUT2D eigenvalue weighted by Crippen LogP contribution is 1.96. The molecule has 4 N–H and O–H groups in total. The van der Waals surface area contributed by atoms with Crippen molar-refractivity contribution in [2.24, 2.45) is 5.73 Å². The van der Waals surface area contributed by atoms with E-state index in [2.05, 4.69) is 15.4 Å². The molecule has 114 valence electrons. The Morgan fingerprint density at radius 1 is 1.19 bits per heavy atom. The zero-order valence-corrected chi connectivity index (χ0v) is 11.8. The highest BCUT2D eigenvalue weighted by atomic mass is 16.5. The molecule has 1 atom stereocenters. The van der Waals surface area contributed by atoms with Crippen molar-refractivity contribution in [3.05, 3.63) is 35.9 Å². The van der Waals surface area contributed by atoms with Gasteiger partial charge in [-0.3, -0.25) is 9.59 Å². The quantitative estimate of drug-likeness (QED) is 0.455. The summed E-state index contributed by atoms with van der Waals surface area (Å²) in [6.45, 7) is 1.86. The van der Waals surface area contributed by atoms with Crippen molar-refractivity contribution in [3.8, 4) is 0 Å². The predicted octanol–water partition coefficient (Wildman–Crippen LogP) is -0.691. The van der Waals surface area contributed by atoms with Crippen molar-refractivity contribution in [1.29, 1.82) is 0 Å². The number of rotatable bonds is 7. The molecule has 0 radical (unpaired) electrons. The Balaban J connectivity index is 2.29. The van der Waals surface area contributed by atoms with E-state index in [1.165, 1.54) is 0 Å². The summed E-state index contributed by atoms with van der Waals surface area (Å²) in [4.78, 5) is 34.3. The van der Waals surface area contributed by atoms with Crippen LogP contribution in [0.3, 0.4) is 0 Å². The van der Waals surface area contributed by atoms with Gasteiger partial charge in [-0.05, 0) is 12.5 Å². The number of carbonyl (C=O) groups excluding carboxylic acids is 3. The molecule has 0 bridgehead atoms. The third kappa shape index (κ3) is 6.05. The van der Waals surface area contributed by atoms with E-state index in [4.69, 9.17) is 5.73 Å². The third-order valence-electron chi connectivity index (χ3n) is 2.58. The number of nitrogens with two attached hydrogens (primary N) is 1. The van der Waals surface area contributed by atoms with Gasteiger partial charge in [0.05, 0.1) is 13.2 Å². The van der Waals surface area contributed by atoms with Gasteiger partial charge < -0.3 is 21.1 Å². The fourth-order valence-corrected chi connectivity index (χ4v) is 1.48. The monoisotopic (exact) mass is 293 g/mol. The molecule has 0 aromatic heterocycles. The van der Waals surface area contributed by atoms with E-state index in [9.17, 15) is 14.4 Å². The van der Waals surface area contributed by atoms with E-state index in [1.54, 1.807) is 6.92 Å². The Kier molecular flexibility index (Phi) is 6.90. The zero-order valence-electron chi connectivity index (χ0n) is 11.8. The molecular formula is C14H19N3O4. The number of nitrogens with one attached hydrogen (secondary N) is 2. The Hall–Kier alpha value is -2.41. The van der Waals surface area contributed by atoms with Gasteiger partial charge in [0.1, 0.15) is 0 Å². The van der Waals surface area contributed by atoms with E-state index in [0.29, 0.717) is 6.54 Å². The van der Waals surface area contributed by atoms with E-state index < -0.39 is 17.9 Å². The van der Waals surface area contributed by atoms with Gasteiger partial charge in [0, 0.05) is 6.54 Å². The summed E-state index contributed by atoms with van der Waals surface area (Å²) in [5, 5.41) is 4.92. The normalized spacial score (nSPS) is 11.3. The first-order chi connectivity index (χ1) is 10.0. The first kappa shape index (κ1) is 16.6. The van der Waals surface area contributed by atoms with Crippen molar-refractivity contribution < 1.29 is 19.1 Å². The summed E-state index contributed by atoms with van der Waals surface area (Å²) in [5.74, 6) is -1.94. The van der Waals surface area contributed by atoms with Gasteiger partial charge in [-0.2, -0.15) is 0 Å². The largest absolute Gasteiger partial charge is 0.464 e. The first-order valence-electron chi connectivity index (χ1n) is 6.55. The molecule has 1 aromatic rings. The molecular weight excluding hydrogens is 274 g/mol. The van der Waals surface area contributed by atoms with Crippen LogP contribution in [0.1, 0.15) is 12.5 Å². The van der Waals surface area contributed by atoms with E-state index in [1.807, 2.05) is 30.3 Å². The summed E-state index contributed by atoms with van der Waals surface area (Å²) >= 11 is 0. The smallest absolute Gasteiger partial charge is 0.332 e. The molecule has 0 fully saturated rings. The number of hydrogen-bond donors (Lipinski definition) is 3. The van der Waals surface area contributed by atoms with Crippen LogP contribution in [0.5, 0.6) is 0 Å². The van der Waals surface area contributed by atoms with Gasteiger partial charge in [0.2, 0.25) is 11.8 Å². The number of amides is 2. The van der Waals surface area contributed by atoms with Crippen molar-refractivity contribution in [3.63, 3.8) is 0 Å². The number of hydrogen-bond acceptors (Lipinski definition) is 5. The fourth-order valence-electron chi connectivity index (χ4n) is 1.48. The number of carbonyl (C=O) groups is 3. The maximum Gasteiger partial charge on any atom is 0.332 e. The predicted molar refractivity (Wildman–Crippen MR) is 75.9 cm³/mol. The SMILES string of the molecule is CCOC(=O)C(N)C(=O)NCC(=O)NCc1ccccc1. The van der Waals surface area contributed by atoms with Gasteiger partial charge in [-0.1, -0.05) is 30.3 Å². The summed E-state index contributed by atoms with van der Waals surface area (Å²) in [6, 6.07) is 7.92. The van der Waals surface area contributed by atoms with Crippen LogP contribution in [0, 0.1) is 0 Å². The molecule has 1 rings (SSSR count). The second-order valence-electron chi connectivity index (χ2n) is 4.21. The van der Waals surface area contributed by atoms with Gasteiger partial charge in [-0.15, -0.1) is 0 Å². The second kappa shape index (κ2) is 8.70. The minimum atomic E-state index is -1.42. The Labute approximate surface area is 122 Å². The average Bonchev–Trinajstić information content (AvgIpc) is 2.51. The van der Waals surface area contributed by atoms with Crippen molar-refractivity contribution in [2.75, 3.05) is 13.2 Å². The minimum Gasteiger partial charge on any atom is -0.464 e. The summed E-state index contributed by atoms with van der Waals surface area (Å²) in [7, 11) is 0. The molecule has 0 aliphatic carbocycles. The van der Waals surface area contributed by atoms with E-state index in [0.717, 1.165) is 5.56 Å². The molecule has 0 heterocycles. The lowest BCUT2D eigenvalue weighted by Gasteiger charge is -2.11. The lowest BCUT2D eigenvalue weighted by Crippen LogP contribution is -2.49. The number of ether oxygens (including phenoxy) is 1. The maximum absolute atomic E-state index is 11.6. The molecule has 1 unspecified atom stereocenters. The topological polar surface area (TPSA) is 111 Å². The minimum absolute atomic E-state index is 0.136. The van der Waals surface area contributed by atoms with Crippen LogP contribution in [0.2, 0.25) is 0 Å². The van der Waals surface area contributed by atoms with E-state index >= 15 is 0 Å². The van der Waals surface area contributed by atoms with Crippen molar-refractivity contribution in [1.82, 2.24) is 10.6 Å². The lowest BCUT2D eigenvalue weighted by molar-refractivity contribution is -0.148. The van der Waals surface area contributed by atoms with Crippen LogP contribution in [-0.2, 0) is 25.7 Å². The van der Waals surface area contributed by atoms with Crippen LogP contribution in [-0.4, -0.2) is 37.0 Å². The van der Waals surface area contributed by atoms with Gasteiger partial charge in [0.15, 0.2) is 6.04 Å². The first-order valence-corrected chi connectivity index (χ1v) is 6.55. The van der Waals surface area contributed by atoms with Crippen molar-refractivity contribution in [2.45, 2.75) is 19.5 Å². The molecule has 0 aliphatic heterocycles. The summed E-state index contributed by atoms with van der Waals surface area (Å²) in [5.41, 5.74) is 6.32. The Morgan fingerprint density at radius 2 is 1.86 bits per heavy atom. The van der Waals surface area contributed by atoms with Crippen molar-refractivity contribution >= 4 is 17.8 Å². The lowest BCUT2D eigenvalue weighted by atomic mass is 10.2. The molecule has 7 heteroatoms. The molecule has 1 aromatic carbocycles. The van der Waals surface area contributed by atoms with Crippen LogP contribution in [0.4, 0.5) is 0 Å². The highest BCUT2D eigenvalue weighted by Gasteiger charge is 2.23. The third-order valence-corrected chi connectivity index (χ3v) is 2.58.